The van der Waals surface area contributed by atoms with Gasteiger partial charge in [0.15, 0.2) is 9.84 Å². The molecule has 3 nitrogen and oxygen atoms in total. The second kappa shape index (κ2) is 5.50. The summed E-state index contributed by atoms with van der Waals surface area (Å²) in [5, 5.41) is 9.91. The molecule has 0 aromatic heterocycles. The minimum atomic E-state index is -3.56. The van der Waals surface area contributed by atoms with Crippen molar-refractivity contribution in [2.45, 2.75) is 11.0 Å². The van der Waals surface area contributed by atoms with Gasteiger partial charge in [0, 0.05) is 0 Å². The van der Waals surface area contributed by atoms with Crippen molar-refractivity contribution in [1.29, 1.82) is 0 Å². The van der Waals surface area contributed by atoms with Gasteiger partial charge in [0.25, 0.3) is 0 Å². The lowest BCUT2D eigenvalue weighted by Gasteiger charge is -2.11. The van der Waals surface area contributed by atoms with Gasteiger partial charge in [-0.15, -0.1) is 0 Å². The van der Waals surface area contributed by atoms with E-state index >= 15 is 0 Å². The Morgan fingerprint density at radius 3 is 2.16 bits per heavy atom. The molecule has 100 valence electrons. The average molecular weight is 280 g/mol. The number of benzene rings is 2. The van der Waals surface area contributed by atoms with E-state index in [4.69, 9.17) is 0 Å². The van der Waals surface area contributed by atoms with E-state index in [1.165, 1.54) is 36.4 Å². The van der Waals surface area contributed by atoms with Crippen molar-refractivity contribution < 1.29 is 17.9 Å². The van der Waals surface area contributed by atoms with Crippen molar-refractivity contribution in [3.8, 4) is 0 Å². The molecule has 2 rings (SSSR count). The fourth-order valence-electron chi connectivity index (χ4n) is 1.71. The first-order valence-electron chi connectivity index (χ1n) is 5.70. The van der Waals surface area contributed by atoms with E-state index in [0.29, 0.717) is 5.56 Å². The van der Waals surface area contributed by atoms with Crippen LogP contribution in [0.3, 0.4) is 0 Å². The highest BCUT2D eigenvalue weighted by molar-refractivity contribution is 7.91. The molecule has 0 radical (unpaired) electrons. The number of halogens is 1. The Morgan fingerprint density at radius 2 is 1.58 bits per heavy atom. The van der Waals surface area contributed by atoms with Crippen LogP contribution in [0.1, 0.15) is 11.7 Å². The maximum absolute atomic E-state index is 12.8. The molecular formula is C14H13FO3S. The lowest BCUT2D eigenvalue weighted by atomic mass is 10.1. The molecule has 0 aliphatic rings. The van der Waals surface area contributed by atoms with Gasteiger partial charge in [0.05, 0.1) is 16.8 Å². The molecule has 0 saturated carbocycles. The lowest BCUT2D eigenvalue weighted by Crippen LogP contribution is -2.14. The van der Waals surface area contributed by atoms with E-state index in [1.54, 1.807) is 18.2 Å². The highest BCUT2D eigenvalue weighted by Gasteiger charge is 2.20. The Labute approximate surface area is 111 Å². The highest BCUT2D eigenvalue weighted by atomic mass is 32.2. The summed E-state index contributed by atoms with van der Waals surface area (Å²) >= 11 is 0. The second-order valence-corrected chi connectivity index (χ2v) is 6.20. The number of sulfone groups is 1. The Kier molecular flexibility index (Phi) is 3.97. The van der Waals surface area contributed by atoms with Gasteiger partial charge in [-0.25, -0.2) is 12.8 Å². The molecule has 0 bridgehead atoms. The van der Waals surface area contributed by atoms with Gasteiger partial charge in [-0.3, -0.25) is 0 Å². The maximum Gasteiger partial charge on any atom is 0.181 e. The van der Waals surface area contributed by atoms with Crippen LogP contribution >= 0.6 is 0 Å². The van der Waals surface area contributed by atoms with Gasteiger partial charge < -0.3 is 5.11 Å². The predicted octanol–water partition coefficient (Wildman–Crippen LogP) is 2.33. The maximum atomic E-state index is 12.8. The lowest BCUT2D eigenvalue weighted by molar-refractivity contribution is 0.201. The van der Waals surface area contributed by atoms with Crippen molar-refractivity contribution in [3.63, 3.8) is 0 Å². The summed E-state index contributed by atoms with van der Waals surface area (Å²) in [4.78, 5) is 0.163. The van der Waals surface area contributed by atoms with Crippen molar-refractivity contribution in [3.05, 3.63) is 66.0 Å². The van der Waals surface area contributed by atoms with Gasteiger partial charge in [0.2, 0.25) is 0 Å². The molecule has 1 atom stereocenters. The van der Waals surface area contributed by atoms with Crippen LogP contribution in [-0.4, -0.2) is 19.3 Å². The van der Waals surface area contributed by atoms with Crippen LogP contribution in [0.2, 0.25) is 0 Å². The molecule has 1 N–H and O–H groups in total. The van der Waals surface area contributed by atoms with Crippen LogP contribution in [0, 0.1) is 5.82 Å². The zero-order chi connectivity index (χ0) is 13.9. The van der Waals surface area contributed by atoms with Crippen LogP contribution in [0.5, 0.6) is 0 Å². The Hall–Kier alpha value is -1.72. The molecule has 2 aromatic carbocycles. The molecule has 0 saturated heterocycles. The van der Waals surface area contributed by atoms with Gasteiger partial charge in [-0.1, -0.05) is 30.3 Å². The number of rotatable bonds is 4. The number of hydrogen-bond acceptors (Lipinski definition) is 3. The molecule has 0 heterocycles. The standard InChI is InChI=1S/C14H13FO3S/c15-12-8-6-11(7-9-12)14(16)10-19(17,18)13-4-2-1-3-5-13/h1-9,14,16H,10H2/t14-/m0/s1. The van der Waals surface area contributed by atoms with Crippen LogP contribution < -0.4 is 0 Å². The molecule has 0 aliphatic carbocycles. The van der Waals surface area contributed by atoms with Gasteiger partial charge >= 0.3 is 0 Å². The fraction of sp³-hybridized carbons (Fsp3) is 0.143. The van der Waals surface area contributed by atoms with Crippen LogP contribution in [0.25, 0.3) is 0 Å². The Balaban J connectivity index is 2.19. The van der Waals surface area contributed by atoms with Crippen molar-refractivity contribution in [2.24, 2.45) is 0 Å². The first-order chi connectivity index (χ1) is 8.99. The average Bonchev–Trinajstić information content (AvgIpc) is 2.40. The minimum Gasteiger partial charge on any atom is -0.387 e. The third kappa shape index (κ3) is 3.39. The zero-order valence-electron chi connectivity index (χ0n) is 10.0. The molecule has 0 fully saturated rings. The summed E-state index contributed by atoms with van der Waals surface area (Å²) in [7, 11) is -3.56. The van der Waals surface area contributed by atoms with Gasteiger partial charge in [0.1, 0.15) is 5.82 Å². The Bertz CT molecular complexity index is 636. The molecule has 0 aliphatic heterocycles. The van der Waals surface area contributed by atoms with Crippen molar-refractivity contribution in [1.82, 2.24) is 0 Å². The number of hydrogen-bond donors (Lipinski definition) is 1. The molecule has 19 heavy (non-hydrogen) atoms. The Morgan fingerprint density at radius 1 is 1.00 bits per heavy atom. The minimum absolute atomic E-state index is 0.163. The van der Waals surface area contributed by atoms with E-state index in [-0.39, 0.29) is 4.90 Å². The van der Waals surface area contributed by atoms with Crippen molar-refractivity contribution in [2.75, 3.05) is 5.75 Å². The topological polar surface area (TPSA) is 54.4 Å². The highest BCUT2D eigenvalue weighted by Crippen LogP contribution is 2.19. The zero-order valence-corrected chi connectivity index (χ0v) is 10.8. The van der Waals surface area contributed by atoms with E-state index in [1.807, 2.05) is 0 Å². The molecule has 0 amide bonds. The van der Waals surface area contributed by atoms with Crippen LogP contribution in [-0.2, 0) is 9.84 Å². The van der Waals surface area contributed by atoms with Crippen LogP contribution in [0.4, 0.5) is 4.39 Å². The summed E-state index contributed by atoms with van der Waals surface area (Å²) in [6.07, 6.45) is -1.18. The summed E-state index contributed by atoms with van der Waals surface area (Å²) in [5.41, 5.74) is 0.376. The van der Waals surface area contributed by atoms with Crippen LogP contribution in [0.15, 0.2) is 59.5 Å². The third-order valence-electron chi connectivity index (χ3n) is 2.73. The number of aliphatic hydroxyl groups is 1. The van der Waals surface area contributed by atoms with E-state index in [9.17, 15) is 17.9 Å². The summed E-state index contributed by atoms with van der Waals surface area (Å²) in [6, 6.07) is 13.0. The SMILES string of the molecule is O=S(=O)(C[C@H](O)c1ccc(F)cc1)c1ccccc1. The molecular weight excluding hydrogens is 267 g/mol. The van der Waals surface area contributed by atoms with Gasteiger partial charge in [-0.05, 0) is 29.8 Å². The summed E-state index contributed by atoms with van der Waals surface area (Å²) in [6.45, 7) is 0. The fourth-order valence-corrected chi connectivity index (χ4v) is 3.09. The molecule has 0 spiro atoms. The number of aliphatic hydroxyl groups excluding tert-OH is 1. The van der Waals surface area contributed by atoms with Gasteiger partial charge in [-0.2, -0.15) is 0 Å². The predicted molar refractivity (Wildman–Crippen MR) is 69.9 cm³/mol. The monoisotopic (exact) mass is 280 g/mol. The quantitative estimate of drug-likeness (QED) is 0.935. The third-order valence-corrected chi connectivity index (χ3v) is 4.48. The van der Waals surface area contributed by atoms with E-state index in [2.05, 4.69) is 0 Å². The van der Waals surface area contributed by atoms with E-state index in [0.717, 1.165) is 0 Å². The van der Waals surface area contributed by atoms with E-state index < -0.39 is 27.5 Å². The molecule has 5 heteroatoms. The summed E-state index contributed by atoms with van der Waals surface area (Å²) < 4.78 is 36.9. The van der Waals surface area contributed by atoms with Crippen molar-refractivity contribution >= 4 is 9.84 Å². The molecule has 2 aromatic rings. The largest absolute Gasteiger partial charge is 0.387 e. The molecule has 0 unspecified atom stereocenters. The second-order valence-electron chi connectivity index (χ2n) is 4.16. The summed E-state index contributed by atoms with van der Waals surface area (Å²) in [5.74, 6) is -0.857. The smallest absolute Gasteiger partial charge is 0.181 e. The first-order valence-corrected chi connectivity index (χ1v) is 7.35. The first kappa shape index (κ1) is 13.7. The normalized spacial score (nSPS) is 13.2.